The number of methoxy groups -OCH3 is 1. The fourth-order valence-electron chi connectivity index (χ4n) is 3.23. The van der Waals surface area contributed by atoms with Crippen LogP contribution in [-0.2, 0) is 27.2 Å². The van der Waals surface area contributed by atoms with Crippen molar-refractivity contribution >= 4 is 23.2 Å². The van der Waals surface area contributed by atoms with E-state index in [4.69, 9.17) is 37.4 Å². The monoisotopic (exact) mass is 394 g/mol. The smallest absolute Gasteiger partial charge is 0.160 e. The van der Waals surface area contributed by atoms with Crippen LogP contribution in [0.25, 0.3) is 0 Å². The van der Waals surface area contributed by atoms with E-state index in [9.17, 15) is 0 Å². The predicted octanol–water partition coefficient (Wildman–Crippen LogP) is 5.66. The number of hydrogen-bond donors (Lipinski definition) is 0. The van der Waals surface area contributed by atoms with Crippen molar-refractivity contribution in [3.63, 3.8) is 0 Å². The zero-order valence-electron chi connectivity index (χ0n) is 14.9. The number of ether oxygens (including phenoxy) is 3. The summed E-state index contributed by atoms with van der Waals surface area (Å²) in [5.74, 6) is 0. The highest BCUT2D eigenvalue weighted by molar-refractivity contribution is 6.35. The van der Waals surface area contributed by atoms with Crippen LogP contribution in [0.15, 0.2) is 48.5 Å². The molecule has 5 heteroatoms. The second-order valence-corrected chi connectivity index (χ2v) is 7.43. The molecule has 0 unspecified atom stereocenters. The normalized spacial score (nSPS) is 23.1. The Hall–Kier alpha value is -1.10. The lowest BCUT2D eigenvalue weighted by molar-refractivity contribution is -0.213. The van der Waals surface area contributed by atoms with E-state index in [1.807, 2.05) is 30.3 Å². The zero-order chi connectivity index (χ0) is 18.4. The maximum absolute atomic E-state index is 6.27. The van der Waals surface area contributed by atoms with Gasteiger partial charge in [0.05, 0.1) is 18.8 Å². The Morgan fingerprint density at radius 2 is 1.88 bits per heavy atom. The highest BCUT2D eigenvalue weighted by Gasteiger charge is 2.30. The molecule has 0 aliphatic carbocycles. The van der Waals surface area contributed by atoms with Crippen LogP contribution in [0.2, 0.25) is 10.0 Å². The van der Waals surface area contributed by atoms with E-state index in [0.717, 1.165) is 31.2 Å². The Morgan fingerprint density at radius 3 is 2.62 bits per heavy atom. The van der Waals surface area contributed by atoms with Crippen molar-refractivity contribution in [1.82, 2.24) is 0 Å². The molecule has 1 heterocycles. The maximum Gasteiger partial charge on any atom is 0.160 e. The first-order valence-electron chi connectivity index (χ1n) is 8.91. The third kappa shape index (κ3) is 5.70. The molecule has 0 aromatic heterocycles. The summed E-state index contributed by atoms with van der Waals surface area (Å²) in [5.41, 5.74) is 2.26. The van der Waals surface area contributed by atoms with E-state index in [-0.39, 0.29) is 18.5 Å². The van der Waals surface area contributed by atoms with Crippen molar-refractivity contribution in [3.8, 4) is 0 Å². The van der Waals surface area contributed by atoms with Gasteiger partial charge in [0.2, 0.25) is 0 Å². The molecule has 0 saturated carbocycles. The van der Waals surface area contributed by atoms with Gasteiger partial charge in [0.25, 0.3) is 0 Å². The van der Waals surface area contributed by atoms with E-state index in [0.29, 0.717) is 16.7 Å². The van der Waals surface area contributed by atoms with Crippen LogP contribution in [0.3, 0.4) is 0 Å². The van der Waals surface area contributed by atoms with Crippen LogP contribution in [0, 0.1) is 0 Å². The molecule has 3 nitrogen and oxygen atoms in total. The molecule has 1 saturated heterocycles. The van der Waals surface area contributed by atoms with Gasteiger partial charge in [0.15, 0.2) is 6.29 Å². The van der Waals surface area contributed by atoms with Gasteiger partial charge in [0.1, 0.15) is 0 Å². The summed E-state index contributed by atoms with van der Waals surface area (Å²) in [7, 11) is 1.68. The molecule has 1 fully saturated rings. The topological polar surface area (TPSA) is 27.7 Å². The molecule has 3 rings (SSSR count). The van der Waals surface area contributed by atoms with Crippen molar-refractivity contribution in [3.05, 3.63) is 69.7 Å². The Kier molecular flexibility index (Phi) is 7.35. The molecule has 0 amide bonds. The largest absolute Gasteiger partial charge is 0.373 e. The summed E-state index contributed by atoms with van der Waals surface area (Å²) in [6.07, 6.45) is 3.30. The Labute approximate surface area is 165 Å². The third-order valence-electron chi connectivity index (χ3n) is 4.67. The number of rotatable bonds is 7. The lowest BCUT2D eigenvalue weighted by Gasteiger charge is -2.34. The molecule has 2 aromatic carbocycles. The molecule has 0 spiro atoms. The van der Waals surface area contributed by atoms with E-state index in [1.165, 1.54) is 5.56 Å². The van der Waals surface area contributed by atoms with Gasteiger partial charge in [0, 0.05) is 30.0 Å². The highest BCUT2D eigenvalue weighted by atomic mass is 35.5. The van der Waals surface area contributed by atoms with Crippen molar-refractivity contribution in [2.75, 3.05) is 7.11 Å². The quantitative estimate of drug-likeness (QED) is 0.605. The van der Waals surface area contributed by atoms with Gasteiger partial charge in [-0.1, -0.05) is 59.6 Å². The SMILES string of the molecule is CO[C@H]1C[C@H](OCc2ccccc2)C[C@H](CCc2ccc(Cl)cc2Cl)O1. The fourth-order valence-corrected chi connectivity index (χ4v) is 3.74. The van der Waals surface area contributed by atoms with Crippen molar-refractivity contribution in [1.29, 1.82) is 0 Å². The highest BCUT2D eigenvalue weighted by Crippen LogP contribution is 2.28. The molecule has 1 aliphatic heterocycles. The minimum Gasteiger partial charge on any atom is -0.373 e. The average molecular weight is 395 g/mol. The van der Waals surface area contributed by atoms with Gasteiger partial charge in [-0.15, -0.1) is 0 Å². The average Bonchev–Trinajstić information content (AvgIpc) is 2.66. The first-order chi connectivity index (χ1) is 12.6. The third-order valence-corrected chi connectivity index (χ3v) is 5.25. The lowest BCUT2D eigenvalue weighted by atomic mass is 9.98. The Morgan fingerprint density at radius 1 is 1.08 bits per heavy atom. The van der Waals surface area contributed by atoms with Crippen LogP contribution >= 0.6 is 23.2 Å². The predicted molar refractivity (Wildman–Crippen MR) is 105 cm³/mol. The van der Waals surface area contributed by atoms with E-state index < -0.39 is 0 Å². The standard InChI is InChI=1S/C21H24Cl2O3/c1-24-21-13-19(25-14-15-5-3-2-4-6-15)12-18(26-21)10-8-16-7-9-17(22)11-20(16)23/h2-7,9,11,18-19,21H,8,10,12-14H2,1H3/t18-,19+,21+/m0/s1. The molecule has 2 aromatic rings. The van der Waals surface area contributed by atoms with E-state index in [2.05, 4.69) is 12.1 Å². The van der Waals surface area contributed by atoms with Crippen LogP contribution in [-0.4, -0.2) is 25.6 Å². The van der Waals surface area contributed by atoms with Gasteiger partial charge >= 0.3 is 0 Å². The second kappa shape index (κ2) is 9.72. The minimum atomic E-state index is -0.227. The van der Waals surface area contributed by atoms with Crippen LogP contribution in [0.1, 0.15) is 30.4 Å². The van der Waals surface area contributed by atoms with Crippen molar-refractivity contribution < 1.29 is 14.2 Å². The lowest BCUT2D eigenvalue weighted by Crippen LogP contribution is -2.38. The Bertz CT molecular complexity index is 693. The van der Waals surface area contributed by atoms with E-state index >= 15 is 0 Å². The summed E-state index contributed by atoms with van der Waals surface area (Å²) >= 11 is 12.2. The molecule has 140 valence electrons. The molecule has 0 radical (unpaired) electrons. The summed E-state index contributed by atoms with van der Waals surface area (Å²) in [5, 5.41) is 1.36. The molecule has 26 heavy (non-hydrogen) atoms. The molecular weight excluding hydrogens is 371 g/mol. The molecule has 0 bridgehead atoms. The number of benzene rings is 2. The first kappa shape index (κ1) is 19.7. The van der Waals surface area contributed by atoms with Crippen LogP contribution < -0.4 is 0 Å². The maximum atomic E-state index is 6.27. The number of halogens is 2. The van der Waals surface area contributed by atoms with Crippen molar-refractivity contribution in [2.24, 2.45) is 0 Å². The van der Waals surface area contributed by atoms with Gasteiger partial charge < -0.3 is 14.2 Å². The van der Waals surface area contributed by atoms with Gasteiger partial charge in [-0.2, -0.15) is 0 Å². The summed E-state index contributed by atoms with van der Waals surface area (Å²) in [4.78, 5) is 0. The van der Waals surface area contributed by atoms with Gasteiger partial charge in [-0.05, 0) is 36.1 Å². The summed E-state index contributed by atoms with van der Waals surface area (Å²) in [6.45, 7) is 0.609. The van der Waals surface area contributed by atoms with Gasteiger partial charge in [-0.3, -0.25) is 0 Å². The molecule has 3 atom stereocenters. The van der Waals surface area contributed by atoms with Crippen LogP contribution in [0.5, 0.6) is 0 Å². The second-order valence-electron chi connectivity index (χ2n) is 6.59. The zero-order valence-corrected chi connectivity index (χ0v) is 16.4. The number of hydrogen-bond acceptors (Lipinski definition) is 3. The molecule has 0 N–H and O–H groups in total. The summed E-state index contributed by atoms with van der Waals surface area (Å²) in [6, 6.07) is 15.8. The van der Waals surface area contributed by atoms with Gasteiger partial charge in [-0.25, -0.2) is 0 Å². The van der Waals surface area contributed by atoms with E-state index in [1.54, 1.807) is 13.2 Å². The van der Waals surface area contributed by atoms with Crippen LogP contribution in [0.4, 0.5) is 0 Å². The minimum absolute atomic E-state index is 0.0845. The Balaban J connectivity index is 1.54. The molecular formula is C21H24Cl2O3. The van der Waals surface area contributed by atoms with Crippen molar-refractivity contribution in [2.45, 2.75) is 50.8 Å². The fraction of sp³-hybridized carbons (Fsp3) is 0.429. The molecule has 1 aliphatic rings. The first-order valence-corrected chi connectivity index (χ1v) is 9.67. The summed E-state index contributed by atoms with van der Waals surface area (Å²) < 4.78 is 17.6. The number of aryl methyl sites for hydroxylation is 1.